The molecule has 4 rings (SSSR count). The number of para-hydroxylation sites is 1. The second-order valence-corrected chi connectivity index (χ2v) is 7.54. The van der Waals surface area contributed by atoms with Crippen LogP contribution in [-0.4, -0.2) is 54.8 Å². The fourth-order valence-electron chi connectivity index (χ4n) is 4.47. The number of furan rings is 1. The summed E-state index contributed by atoms with van der Waals surface area (Å²) < 4.78 is 16.9. The lowest BCUT2D eigenvalue weighted by molar-refractivity contribution is -0.145. The summed E-state index contributed by atoms with van der Waals surface area (Å²) in [6.07, 6.45) is 1.79. The Balaban J connectivity index is 1.48. The molecule has 7 heteroatoms. The highest BCUT2D eigenvalue weighted by atomic mass is 16.5. The Labute approximate surface area is 163 Å². The highest BCUT2D eigenvalue weighted by molar-refractivity contribution is 5.99. The highest BCUT2D eigenvalue weighted by Crippen LogP contribution is 2.34. The van der Waals surface area contributed by atoms with Crippen LogP contribution in [-0.2, 0) is 20.9 Å². The summed E-state index contributed by atoms with van der Waals surface area (Å²) in [6.45, 7) is 1.95. The number of rotatable bonds is 5. The van der Waals surface area contributed by atoms with Crippen molar-refractivity contribution in [3.05, 3.63) is 35.6 Å². The standard InChI is InChI=1S/C21H25NO6/c1-26-12-16-14-4-2-3-5-17(14)28-19(16)20(23)22-9-6-13(7-10-22)18-15(21(24)25)8-11-27-18/h2-5,13,15,18H,6-12H2,1H3,(H,24,25)/t15?,18-/m0/s1. The van der Waals surface area contributed by atoms with Gasteiger partial charge in [-0.3, -0.25) is 9.59 Å². The van der Waals surface area contributed by atoms with Gasteiger partial charge in [0, 0.05) is 37.8 Å². The lowest BCUT2D eigenvalue weighted by Gasteiger charge is -2.35. The number of amides is 1. The summed E-state index contributed by atoms with van der Waals surface area (Å²) in [7, 11) is 1.60. The topological polar surface area (TPSA) is 89.2 Å². The molecule has 0 bridgehead atoms. The van der Waals surface area contributed by atoms with Gasteiger partial charge < -0.3 is 23.9 Å². The summed E-state index contributed by atoms with van der Waals surface area (Å²) in [4.78, 5) is 26.3. The number of likely N-dealkylation sites (tertiary alicyclic amines) is 1. The van der Waals surface area contributed by atoms with E-state index < -0.39 is 11.9 Å². The van der Waals surface area contributed by atoms with Crippen LogP contribution in [0.4, 0.5) is 0 Å². The summed E-state index contributed by atoms with van der Waals surface area (Å²) >= 11 is 0. The van der Waals surface area contributed by atoms with Crippen molar-refractivity contribution in [2.45, 2.75) is 32.0 Å². The molecule has 1 amide bonds. The van der Waals surface area contributed by atoms with E-state index in [4.69, 9.17) is 13.9 Å². The fourth-order valence-corrected chi connectivity index (χ4v) is 4.47. The Morgan fingerprint density at radius 3 is 2.68 bits per heavy atom. The number of methoxy groups -OCH3 is 1. The summed E-state index contributed by atoms with van der Waals surface area (Å²) in [5, 5.41) is 10.3. The molecule has 1 N–H and O–H groups in total. The smallest absolute Gasteiger partial charge is 0.309 e. The molecule has 2 aliphatic rings. The molecule has 28 heavy (non-hydrogen) atoms. The monoisotopic (exact) mass is 387 g/mol. The second kappa shape index (κ2) is 7.93. The van der Waals surface area contributed by atoms with Crippen molar-refractivity contribution in [2.75, 3.05) is 26.8 Å². The minimum Gasteiger partial charge on any atom is -0.481 e. The third-order valence-corrected chi connectivity index (χ3v) is 5.93. The van der Waals surface area contributed by atoms with Gasteiger partial charge in [0.05, 0.1) is 18.6 Å². The van der Waals surface area contributed by atoms with Crippen LogP contribution in [0, 0.1) is 11.8 Å². The summed E-state index contributed by atoms with van der Waals surface area (Å²) in [5.41, 5.74) is 1.45. The molecular formula is C21H25NO6. The minimum atomic E-state index is -0.785. The van der Waals surface area contributed by atoms with Crippen LogP contribution >= 0.6 is 0 Å². The molecule has 2 atom stereocenters. The lowest BCUT2D eigenvalue weighted by Crippen LogP contribution is -2.43. The molecule has 1 aromatic heterocycles. The maximum Gasteiger partial charge on any atom is 0.309 e. The van der Waals surface area contributed by atoms with Crippen molar-refractivity contribution in [2.24, 2.45) is 11.8 Å². The van der Waals surface area contributed by atoms with Gasteiger partial charge in [-0.15, -0.1) is 0 Å². The molecule has 0 radical (unpaired) electrons. The molecule has 2 aliphatic heterocycles. The molecule has 7 nitrogen and oxygen atoms in total. The average molecular weight is 387 g/mol. The number of hydrogen-bond donors (Lipinski definition) is 1. The molecule has 150 valence electrons. The van der Waals surface area contributed by atoms with Gasteiger partial charge in [-0.1, -0.05) is 18.2 Å². The van der Waals surface area contributed by atoms with Crippen LogP contribution in [0.2, 0.25) is 0 Å². The molecule has 0 spiro atoms. The maximum atomic E-state index is 13.1. The zero-order valence-electron chi connectivity index (χ0n) is 15.9. The van der Waals surface area contributed by atoms with Gasteiger partial charge in [0.1, 0.15) is 5.58 Å². The summed E-state index contributed by atoms with van der Waals surface area (Å²) in [5.74, 6) is -0.851. The third kappa shape index (κ3) is 3.40. The molecule has 2 saturated heterocycles. The van der Waals surface area contributed by atoms with Gasteiger partial charge in [0.15, 0.2) is 5.76 Å². The van der Waals surface area contributed by atoms with Crippen molar-refractivity contribution in [1.29, 1.82) is 0 Å². The van der Waals surface area contributed by atoms with E-state index >= 15 is 0 Å². The highest BCUT2D eigenvalue weighted by Gasteiger charge is 2.41. The number of hydrogen-bond acceptors (Lipinski definition) is 5. The zero-order chi connectivity index (χ0) is 19.7. The van der Waals surface area contributed by atoms with E-state index in [2.05, 4.69) is 0 Å². The SMILES string of the molecule is COCc1c(C(=O)N2CCC([C@@H]3OCCC3C(=O)O)CC2)oc2ccccc12. The Morgan fingerprint density at radius 2 is 1.96 bits per heavy atom. The van der Waals surface area contributed by atoms with Gasteiger partial charge in [0.2, 0.25) is 0 Å². The number of carboxylic acid groups (broad SMARTS) is 1. The number of nitrogens with zero attached hydrogens (tertiary/aromatic N) is 1. The van der Waals surface area contributed by atoms with Crippen LogP contribution in [0.5, 0.6) is 0 Å². The van der Waals surface area contributed by atoms with Gasteiger partial charge in [-0.05, 0) is 31.2 Å². The van der Waals surface area contributed by atoms with Gasteiger partial charge in [-0.2, -0.15) is 0 Å². The van der Waals surface area contributed by atoms with Crippen molar-refractivity contribution >= 4 is 22.8 Å². The quantitative estimate of drug-likeness (QED) is 0.849. The van der Waals surface area contributed by atoms with Crippen molar-refractivity contribution in [3.63, 3.8) is 0 Å². The number of aliphatic carboxylic acids is 1. The van der Waals surface area contributed by atoms with Crippen LogP contribution < -0.4 is 0 Å². The van der Waals surface area contributed by atoms with E-state index in [9.17, 15) is 14.7 Å². The molecule has 3 heterocycles. The minimum absolute atomic E-state index is 0.135. The number of fused-ring (bicyclic) bond motifs is 1. The molecule has 2 fully saturated rings. The van der Waals surface area contributed by atoms with E-state index in [1.165, 1.54) is 0 Å². The van der Waals surface area contributed by atoms with Crippen molar-refractivity contribution in [1.82, 2.24) is 4.90 Å². The van der Waals surface area contributed by atoms with E-state index in [-0.39, 0.29) is 17.9 Å². The predicted molar refractivity (Wildman–Crippen MR) is 101 cm³/mol. The average Bonchev–Trinajstić information content (AvgIpc) is 3.34. The van der Waals surface area contributed by atoms with Gasteiger partial charge in [-0.25, -0.2) is 0 Å². The first-order valence-corrected chi connectivity index (χ1v) is 9.73. The van der Waals surface area contributed by atoms with Crippen molar-refractivity contribution < 1.29 is 28.6 Å². The number of carbonyl (C=O) groups excluding carboxylic acids is 1. The Kier molecular flexibility index (Phi) is 5.37. The first-order valence-electron chi connectivity index (χ1n) is 9.73. The van der Waals surface area contributed by atoms with Crippen LogP contribution in [0.1, 0.15) is 35.4 Å². The van der Waals surface area contributed by atoms with E-state index in [0.717, 1.165) is 23.8 Å². The van der Waals surface area contributed by atoms with Crippen LogP contribution in [0.3, 0.4) is 0 Å². The van der Waals surface area contributed by atoms with Gasteiger partial charge in [0.25, 0.3) is 5.91 Å². The number of carbonyl (C=O) groups is 2. The van der Waals surface area contributed by atoms with E-state index in [1.807, 2.05) is 24.3 Å². The maximum absolute atomic E-state index is 13.1. The largest absolute Gasteiger partial charge is 0.481 e. The number of piperidine rings is 1. The zero-order valence-corrected chi connectivity index (χ0v) is 15.9. The first-order chi connectivity index (χ1) is 13.6. The fraction of sp³-hybridized carbons (Fsp3) is 0.524. The molecule has 2 aromatic rings. The Morgan fingerprint density at radius 1 is 1.21 bits per heavy atom. The van der Waals surface area contributed by atoms with Gasteiger partial charge >= 0.3 is 5.97 Å². The third-order valence-electron chi connectivity index (χ3n) is 5.93. The lowest BCUT2D eigenvalue weighted by atomic mass is 9.84. The normalized spacial score (nSPS) is 23.4. The second-order valence-electron chi connectivity index (χ2n) is 7.54. The van der Waals surface area contributed by atoms with Crippen molar-refractivity contribution in [3.8, 4) is 0 Å². The molecule has 0 aliphatic carbocycles. The van der Waals surface area contributed by atoms with E-state index in [0.29, 0.717) is 44.1 Å². The Bertz CT molecular complexity index is 867. The number of carboxylic acids is 1. The van der Waals surface area contributed by atoms with E-state index in [1.54, 1.807) is 12.0 Å². The molecule has 0 saturated carbocycles. The van der Waals surface area contributed by atoms with Crippen LogP contribution in [0.15, 0.2) is 28.7 Å². The molecule has 1 unspecified atom stereocenters. The first kappa shape index (κ1) is 19.0. The Hall–Kier alpha value is -2.38. The predicted octanol–water partition coefficient (Wildman–Crippen LogP) is 2.92. The molecule has 1 aromatic carbocycles. The van der Waals surface area contributed by atoms with Crippen LogP contribution in [0.25, 0.3) is 11.0 Å². The summed E-state index contributed by atoms with van der Waals surface area (Å²) in [6, 6.07) is 7.57. The number of benzene rings is 1. The number of ether oxygens (including phenoxy) is 2. The molecular weight excluding hydrogens is 362 g/mol.